The minimum absolute atomic E-state index is 0.494. The van der Waals surface area contributed by atoms with Gasteiger partial charge in [0.15, 0.2) is 0 Å². The van der Waals surface area contributed by atoms with Crippen molar-refractivity contribution in [2.24, 2.45) is 0 Å². The van der Waals surface area contributed by atoms with Crippen molar-refractivity contribution in [2.75, 3.05) is 6.61 Å². The molecule has 0 fully saturated rings. The average Bonchev–Trinajstić information content (AvgIpc) is 2.23. The fourth-order valence-electron chi connectivity index (χ4n) is 1.41. The van der Waals surface area contributed by atoms with Crippen LogP contribution in [0.15, 0.2) is 12.1 Å². The molecular weight excluding hydrogens is 200 g/mol. The summed E-state index contributed by atoms with van der Waals surface area (Å²) in [5, 5.41) is 3.39. The molecule has 1 aromatic rings. The van der Waals surface area contributed by atoms with Crippen molar-refractivity contribution in [1.82, 2.24) is 10.3 Å². The van der Waals surface area contributed by atoms with Crippen LogP contribution >= 0.6 is 0 Å². The van der Waals surface area contributed by atoms with Crippen LogP contribution in [-0.4, -0.2) is 17.6 Å². The van der Waals surface area contributed by atoms with E-state index in [4.69, 9.17) is 4.74 Å². The number of rotatable bonds is 6. The Kier molecular flexibility index (Phi) is 5.26. The lowest BCUT2D eigenvalue weighted by Gasteiger charge is -2.10. The molecule has 1 heterocycles. The number of hydrogen-bond acceptors (Lipinski definition) is 3. The molecule has 1 rings (SSSR count). The largest absolute Gasteiger partial charge is 0.478 e. The van der Waals surface area contributed by atoms with Crippen LogP contribution in [-0.2, 0) is 6.54 Å². The number of pyridine rings is 1. The second kappa shape index (κ2) is 6.48. The fraction of sp³-hybridized carbons (Fsp3) is 0.615. The summed E-state index contributed by atoms with van der Waals surface area (Å²) in [5.41, 5.74) is 2.24. The molecule has 0 unspecified atom stereocenters. The lowest BCUT2D eigenvalue weighted by Crippen LogP contribution is -2.22. The van der Waals surface area contributed by atoms with E-state index >= 15 is 0 Å². The second-order valence-corrected chi connectivity index (χ2v) is 4.34. The Morgan fingerprint density at radius 3 is 2.75 bits per heavy atom. The van der Waals surface area contributed by atoms with Crippen LogP contribution in [0.2, 0.25) is 0 Å². The van der Waals surface area contributed by atoms with E-state index in [1.165, 1.54) is 5.56 Å². The number of nitrogens with zero attached hydrogens (tertiary/aromatic N) is 1. The second-order valence-electron chi connectivity index (χ2n) is 4.34. The van der Waals surface area contributed by atoms with Crippen LogP contribution in [0.1, 0.15) is 38.4 Å². The molecule has 0 saturated heterocycles. The third-order valence-corrected chi connectivity index (χ3v) is 2.16. The highest BCUT2D eigenvalue weighted by Gasteiger charge is 2.01. The Bertz CT molecular complexity index is 324. The first-order chi connectivity index (χ1) is 7.61. The van der Waals surface area contributed by atoms with Gasteiger partial charge in [-0.25, -0.2) is 4.98 Å². The molecule has 0 aromatic carbocycles. The molecule has 1 N–H and O–H groups in total. The van der Waals surface area contributed by atoms with Crippen molar-refractivity contribution in [3.63, 3.8) is 0 Å². The topological polar surface area (TPSA) is 34.1 Å². The molecule has 3 heteroatoms. The van der Waals surface area contributed by atoms with Gasteiger partial charge in [0.25, 0.3) is 0 Å². The molecular formula is C13H22N2O. The van der Waals surface area contributed by atoms with Gasteiger partial charge in [-0.2, -0.15) is 0 Å². The van der Waals surface area contributed by atoms with Gasteiger partial charge in [0.05, 0.1) is 6.61 Å². The van der Waals surface area contributed by atoms with E-state index in [0.29, 0.717) is 6.04 Å². The first kappa shape index (κ1) is 13.0. The SMILES string of the molecule is CCCOc1cc(CNC(C)C)cc(C)n1. The van der Waals surface area contributed by atoms with Crippen molar-refractivity contribution >= 4 is 0 Å². The lowest BCUT2D eigenvalue weighted by atomic mass is 10.2. The van der Waals surface area contributed by atoms with Crippen LogP contribution in [0.5, 0.6) is 5.88 Å². The van der Waals surface area contributed by atoms with Crippen molar-refractivity contribution in [1.29, 1.82) is 0 Å². The summed E-state index contributed by atoms with van der Waals surface area (Å²) >= 11 is 0. The zero-order valence-corrected chi connectivity index (χ0v) is 10.7. The van der Waals surface area contributed by atoms with Crippen LogP contribution < -0.4 is 10.1 Å². The van der Waals surface area contributed by atoms with E-state index in [1.807, 2.05) is 13.0 Å². The highest BCUT2D eigenvalue weighted by Crippen LogP contribution is 2.12. The minimum Gasteiger partial charge on any atom is -0.478 e. The van der Waals surface area contributed by atoms with Gasteiger partial charge in [-0.15, -0.1) is 0 Å². The summed E-state index contributed by atoms with van der Waals surface area (Å²) in [6.45, 7) is 9.97. The Morgan fingerprint density at radius 2 is 2.12 bits per heavy atom. The molecule has 0 aliphatic carbocycles. The number of aromatic nitrogens is 1. The molecule has 3 nitrogen and oxygen atoms in total. The zero-order chi connectivity index (χ0) is 12.0. The molecule has 90 valence electrons. The maximum atomic E-state index is 5.54. The predicted octanol–water partition coefficient (Wildman–Crippen LogP) is 2.68. The molecule has 0 aliphatic rings. The van der Waals surface area contributed by atoms with E-state index in [2.05, 4.69) is 37.1 Å². The average molecular weight is 222 g/mol. The maximum Gasteiger partial charge on any atom is 0.213 e. The van der Waals surface area contributed by atoms with Crippen LogP contribution in [0.25, 0.3) is 0 Å². The normalized spacial score (nSPS) is 10.8. The smallest absolute Gasteiger partial charge is 0.213 e. The molecule has 0 spiro atoms. The standard InChI is InChI=1S/C13H22N2O/c1-5-6-16-13-8-12(7-11(4)15-13)9-14-10(2)3/h7-8,10,14H,5-6,9H2,1-4H3. The van der Waals surface area contributed by atoms with Crippen molar-refractivity contribution in [3.8, 4) is 5.88 Å². The van der Waals surface area contributed by atoms with E-state index in [9.17, 15) is 0 Å². The van der Waals surface area contributed by atoms with Crippen LogP contribution in [0.3, 0.4) is 0 Å². The van der Waals surface area contributed by atoms with Gasteiger partial charge in [0.1, 0.15) is 0 Å². The Hall–Kier alpha value is -1.09. The summed E-state index contributed by atoms with van der Waals surface area (Å²) in [4.78, 5) is 4.35. The van der Waals surface area contributed by atoms with Crippen molar-refractivity contribution in [3.05, 3.63) is 23.4 Å². The highest BCUT2D eigenvalue weighted by molar-refractivity contribution is 5.24. The summed E-state index contributed by atoms with van der Waals surface area (Å²) in [7, 11) is 0. The first-order valence-electron chi connectivity index (χ1n) is 5.95. The first-order valence-corrected chi connectivity index (χ1v) is 5.95. The van der Waals surface area contributed by atoms with Crippen molar-refractivity contribution < 1.29 is 4.74 Å². The van der Waals surface area contributed by atoms with Crippen LogP contribution in [0, 0.1) is 6.92 Å². The molecule has 0 atom stereocenters. The number of hydrogen-bond donors (Lipinski definition) is 1. The van der Waals surface area contributed by atoms with Gasteiger partial charge < -0.3 is 10.1 Å². The number of aryl methyl sites for hydroxylation is 1. The summed E-state index contributed by atoms with van der Waals surface area (Å²) in [5.74, 6) is 0.738. The van der Waals surface area contributed by atoms with E-state index < -0.39 is 0 Å². The van der Waals surface area contributed by atoms with Crippen molar-refractivity contribution in [2.45, 2.75) is 46.7 Å². The third kappa shape index (κ3) is 4.62. The van der Waals surface area contributed by atoms with E-state index in [-0.39, 0.29) is 0 Å². The lowest BCUT2D eigenvalue weighted by molar-refractivity contribution is 0.304. The van der Waals surface area contributed by atoms with E-state index in [1.54, 1.807) is 0 Å². The quantitative estimate of drug-likeness (QED) is 0.803. The number of ether oxygens (including phenoxy) is 1. The Morgan fingerprint density at radius 1 is 1.38 bits per heavy atom. The van der Waals surface area contributed by atoms with Gasteiger partial charge >= 0.3 is 0 Å². The Labute approximate surface area is 98.2 Å². The minimum atomic E-state index is 0.494. The third-order valence-electron chi connectivity index (χ3n) is 2.16. The van der Waals surface area contributed by atoms with Gasteiger partial charge in [-0.1, -0.05) is 20.8 Å². The molecule has 1 aromatic heterocycles. The van der Waals surface area contributed by atoms with E-state index in [0.717, 1.165) is 31.1 Å². The zero-order valence-electron chi connectivity index (χ0n) is 10.7. The van der Waals surface area contributed by atoms with Gasteiger partial charge in [-0.05, 0) is 25.0 Å². The van der Waals surface area contributed by atoms with Gasteiger partial charge in [0.2, 0.25) is 5.88 Å². The maximum absolute atomic E-state index is 5.54. The summed E-state index contributed by atoms with van der Waals surface area (Å²) in [6, 6.07) is 4.60. The summed E-state index contributed by atoms with van der Waals surface area (Å²) in [6.07, 6.45) is 1.01. The molecule has 0 aliphatic heterocycles. The summed E-state index contributed by atoms with van der Waals surface area (Å²) < 4.78 is 5.54. The predicted molar refractivity (Wildman–Crippen MR) is 66.7 cm³/mol. The fourth-order valence-corrected chi connectivity index (χ4v) is 1.41. The number of nitrogens with one attached hydrogen (secondary N) is 1. The Balaban J connectivity index is 2.65. The molecule has 0 radical (unpaired) electrons. The molecule has 0 amide bonds. The van der Waals surface area contributed by atoms with Gasteiger partial charge in [-0.3, -0.25) is 0 Å². The van der Waals surface area contributed by atoms with Crippen LogP contribution in [0.4, 0.5) is 0 Å². The molecule has 16 heavy (non-hydrogen) atoms. The monoisotopic (exact) mass is 222 g/mol. The van der Waals surface area contributed by atoms with Gasteiger partial charge in [0, 0.05) is 24.3 Å². The molecule has 0 bridgehead atoms. The highest BCUT2D eigenvalue weighted by atomic mass is 16.5. The molecule has 0 saturated carbocycles.